The van der Waals surface area contributed by atoms with Gasteiger partial charge < -0.3 is 14.5 Å². The molecule has 1 amide bonds. The number of aromatic nitrogens is 2. The highest BCUT2D eigenvalue weighted by Crippen LogP contribution is 2.21. The Labute approximate surface area is 193 Å². The lowest BCUT2D eigenvalue weighted by atomic mass is 10.2. The Kier molecular flexibility index (Phi) is 6.89. The average molecular weight is 464 g/mol. The normalized spacial score (nSPS) is 10.8. The van der Waals surface area contributed by atoms with Crippen LogP contribution in [0.25, 0.3) is 10.9 Å². The number of benzene rings is 2. The van der Waals surface area contributed by atoms with E-state index < -0.39 is 5.97 Å². The first kappa shape index (κ1) is 22.3. The molecule has 0 fully saturated rings. The van der Waals surface area contributed by atoms with Crippen LogP contribution in [0.1, 0.15) is 23.0 Å². The second kappa shape index (κ2) is 10.2. The summed E-state index contributed by atoms with van der Waals surface area (Å²) in [6.07, 6.45) is 1.54. The minimum atomic E-state index is -0.510. The maximum Gasteiger partial charge on any atom is 0.340 e. The van der Waals surface area contributed by atoms with Crippen molar-refractivity contribution < 1.29 is 18.7 Å². The molecule has 0 saturated heterocycles. The van der Waals surface area contributed by atoms with E-state index in [-0.39, 0.29) is 35.9 Å². The molecule has 0 atom stereocenters. The Morgan fingerprint density at radius 2 is 1.88 bits per heavy atom. The van der Waals surface area contributed by atoms with Crippen molar-refractivity contribution in [2.45, 2.75) is 18.6 Å². The highest BCUT2D eigenvalue weighted by molar-refractivity contribution is 7.99. The molecule has 2 heterocycles. The van der Waals surface area contributed by atoms with E-state index in [1.807, 2.05) is 0 Å². The Hall–Kier alpha value is -3.85. The molecule has 168 valence electrons. The Morgan fingerprint density at radius 1 is 1.09 bits per heavy atom. The van der Waals surface area contributed by atoms with Crippen LogP contribution in [0.2, 0.25) is 0 Å². The second-order valence-corrected chi connectivity index (χ2v) is 7.93. The predicted molar refractivity (Wildman–Crippen MR) is 126 cm³/mol. The van der Waals surface area contributed by atoms with E-state index in [4.69, 9.17) is 9.15 Å². The fourth-order valence-corrected chi connectivity index (χ4v) is 4.05. The van der Waals surface area contributed by atoms with Crippen molar-refractivity contribution in [1.29, 1.82) is 0 Å². The lowest BCUT2D eigenvalue weighted by Gasteiger charge is -2.13. The van der Waals surface area contributed by atoms with Gasteiger partial charge in [0, 0.05) is 0 Å². The molecule has 0 aliphatic rings. The number of carbonyl (C=O) groups is 2. The average Bonchev–Trinajstić information content (AvgIpc) is 3.34. The predicted octanol–water partition coefficient (Wildman–Crippen LogP) is 3.95. The molecule has 2 aromatic carbocycles. The number of rotatable bonds is 8. The largest absolute Gasteiger partial charge is 0.467 e. The van der Waals surface area contributed by atoms with Crippen LogP contribution in [0, 0.1) is 0 Å². The van der Waals surface area contributed by atoms with Crippen molar-refractivity contribution in [3.05, 3.63) is 88.6 Å². The number of fused-ring (bicyclic) bond motifs is 1. The number of anilines is 1. The van der Waals surface area contributed by atoms with E-state index in [9.17, 15) is 14.4 Å². The fraction of sp³-hybridized carbons (Fsp3) is 0.167. The SMILES string of the molecule is CCOC(=O)c1ccccc1NC(=O)CSc1nc2ccccc2c(=O)n1Cc1ccco1. The van der Waals surface area contributed by atoms with E-state index in [0.29, 0.717) is 27.5 Å². The highest BCUT2D eigenvalue weighted by atomic mass is 32.2. The van der Waals surface area contributed by atoms with Gasteiger partial charge in [0.2, 0.25) is 5.91 Å². The second-order valence-electron chi connectivity index (χ2n) is 6.99. The molecule has 0 unspecified atom stereocenters. The zero-order valence-corrected chi connectivity index (χ0v) is 18.6. The topological polar surface area (TPSA) is 103 Å². The summed E-state index contributed by atoms with van der Waals surface area (Å²) >= 11 is 1.13. The number of ether oxygens (including phenoxy) is 1. The molecule has 0 aliphatic carbocycles. The Bertz CT molecular complexity index is 1350. The standard InChI is InChI=1S/C24H21N3O5S/c1-2-31-23(30)18-10-4-6-12-20(18)25-21(28)15-33-24-26-19-11-5-3-9-17(19)22(29)27(24)14-16-8-7-13-32-16/h3-13H,2,14-15H2,1H3,(H,25,28). The summed E-state index contributed by atoms with van der Waals surface area (Å²) in [5, 5.41) is 3.62. The van der Waals surface area contributed by atoms with E-state index >= 15 is 0 Å². The van der Waals surface area contributed by atoms with E-state index in [0.717, 1.165) is 11.8 Å². The number of nitrogens with zero attached hydrogens (tertiary/aromatic N) is 2. The number of nitrogens with one attached hydrogen (secondary N) is 1. The van der Waals surface area contributed by atoms with Crippen molar-refractivity contribution in [2.24, 2.45) is 0 Å². The van der Waals surface area contributed by atoms with Gasteiger partial charge in [0.05, 0.1) is 47.3 Å². The van der Waals surface area contributed by atoms with Gasteiger partial charge in [0.25, 0.3) is 5.56 Å². The summed E-state index contributed by atoms with van der Waals surface area (Å²) in [7, 11) is 0. The van der Waals surface area contributed by atoms with Gasteiger partial charge in [-0.1, -0.05) is 36.0 Å². The third kappa shape index (κ3) is 5.15. The smallest absolute Gasteiger partial charge is 0.340 e. The molecule has 4 rings (SSSR count). The van der Waals surface area contributed by atoms with Crippen molar-refractivity contribution in [3.63, 3.8) is 0 Å². The Balaban J connectivity index is 1.56. The van der Waals surface area contributed by atoms with Crippen molar-refractivity contribution in [3.8, 4) is 0 Å². The van der Waals surface area contributed by atoms with Gasteiger partial charge in [-0.25, -0.2) is 9.78 Å². The van der Waals surface area contributed by atoms with Crippen molar-refractivity contribution in [1.82, 2.24) is 9.55 Å². The van der Waals surface area contributed by atoms with E-state index in [2.05, 4.69) is 10.3 Å². The number of hydrogen-bond donors (Lipinski definition) is 1. The van der Waals surface area contributed by atoms with E-state index in [1.165, 1.54) is 10.8 Å². The quantitative estimate of drug-likeness (QED) is 0.240. The maximum atomic E-state index is 13.1. The summed E-state index contributed by atoms with van der Waals surface area (Å²) in [6, 6.07) is 17.2. The number of esters is 1. The first-order valence-electron chi connectivity index (χ1n) is 10.3. The summed E-state index contributed by atoms with van der Waals surface area (Å²) in [4.78, 5) is 42.5. The molecule has 0 saturated carbocycles. The molecule has 0 bridgehead atoms. The molecule has 0 spiro atoms. The molecule has 4 aromatic rings. The molecule has 8 nitrogen and oxygen atoms in total. The molecule has 9 heteroatoms. The van der Waals surface area contributed by atoms with Gasteiger partial charge in [-0.05, 0) is 43.3 Å². The summed E-state index contributed by atoms with van der Waals surface area (Å²) in [5.41, 5.74) is 0.971. The summed E-state index contributed by atoms with van der Waals surface area (Å²) in [6.45, 7) is 2.14. The third-order valence-corrected chi connectivity index (χ3v) is 5.73. The van der Waals surface area contributed by atoms with Crippen LogP contribution in [0.4, 0.5) is 5.69 Å². The maximum absolute atomic E-state index is 13.1. The Morgan fingerprint density at radius 3 is 2.67 bits per heavy atom. The minimum absolute atomic E-state index is 0.0138. The molecule has 2 aromatic heterocycles. The zero-order valence-electron chi connectivity index (χ0n) is 17.8. The molecule has 0 radical (unpaired) electrons. The van der Waals surface area contributed by atoms with Crippen LogP contribution >= 0.6 is 11.8 Å². The monoisotopic (exact) mass is 463 g/mol. The van der Waals surface area contributed by atoms with Gasteiger partial charge in [0.1, 0.15) is 5.76 Å². The number of carbonyl (C=O) groups excluding carboxylic acids is 2. The lowest BCUT2D eigenvalue weighted by Crippen LogP contribution is -2.25. The van der Waals surface area contributed by atoms with Crippen LogP contribution in [-0.4, -0.2) is 33.8 Å². The van der Waals surface area contributed by atoms with Crippen LogP contribution < -0.4 is 10.9 Å². The summed E-state index contributed by atoms with van der Waals surface area (Å²) < 4.78 is 11.9. The third-order valence-electron chi connectivity index (χ3n) is 4.75. The van der Waals surface area contributed by atoms with Gasteiger partial charge in [-0.3, -0.25) is 14.2 Å². The zero-order chi connectivity index (χ0) is 23.2. The molecule has 0 aliphatic heterocycles. The number of thioether (sulfide) groups is 1. The van der Waals surface area contributed by atoms with Crippen LogP contribution in [-0.2, 0) is 16.1 Å². The van der Waals surface area contributed by atoms with Gasteiger partial charge in [-0.15, -0.1) is 0 Å². The van der Waals surface area contributed by atoms with Crippen LogP contribution in [0.5, 0.6) is 0 Å². The highest BCUT2D eigenvalue weighted by Gasteiger charge is 2.17. The fourth-order valence-electron chi connectivity index (χ4n) is 3.25. The van der Waals surface area contributed by atoms with Crippen molar-refractivity contribution >= 4 is 40.2 Å². The number of hydrogen-bond acceptors (Lipinski definition) is 7. The van der Waals surface area contributed by atoms with Gasteiger partial charge in [0.15, 0.2) is 5.16 Å². The number of amides is 1. The first-order valence-corrected chi connectivity index (χ1v) is 11.3. The molecular formula is C24H21N3O5S. The van der Waals surface area contributed by atoms with Crippen molar-refractivity contribution in [2.75, 3.05) is 17.7 Å². The molecule has 33 heavy (non-hydrogen) atoms. The first-order chi connectivity index (χ1) is 16.1. The lowest BCUT2D eigenvalue weighted by molar-refractivity contribution is -0.113. The van der Waals surface area contributed by atoms with Gasteiger partial charge >= 0.3 is 5.97 Å². The number of para-hydroxylation sites is 2. The van der Waals surface area contributed by atoms with Gasteiger partial charge in [-0.2, -0.15) is 0 Å². The van der Waals surface area contributed by atoms with E-state index in [1.54, 1.807) is 67.6 Å². The number of furan rings is 1. The summed E-state index contributed by atoms with van der Waals surface area (Å²) in [5.74, 6) is -0.266. The van der Waals surface area contributed by atoms with Crippen LogP contribution in [0.3, 0.4) is 0 Å². The molecular weight excluding hydrogens is 442 g/mol. The minimum Gasteiger partial charge on any atom is -0.467 e. The molecule has 1 N–H and O–H groups in total. The van der Waals surface area contributed by atoms with Crippen LogP contribution in [0.15, 0.2) is 81.3 Å².